The van der Waals surface area contributed by atoms with E-state index in [0.29, 0.717) is 17.5 Å². The van der Waals surface area contributed by atoms with E-state index in [2.05, 4.69) is 29.2 Å². The van der Waals surface area contributed by atoms with Gasteiger partial charge in [0.2, 0.25) is 11.8 Å². The molecule has 9 nitrogen and oxygen atoms in total. The van der Waals surface area contributed by atoms with Crippen LogP contribution in [0.1, 0.15) is 84.5 Å². The lowest BCUT2D eigenvalue weighted by atomic mass is 9.98. The Morgan fingerprint density at radius 2 is 1.47 bits per heavy atom. The molecule has 0 aromatic heterocycles. The predicted octanol–water partition coefficient (Wildman–Crippen LogP) is 5.23. The first-order valence-electron chi connectivity index (χ1n) is 15.1. The quantitative estimate of drug-likeness (QED) is 0.167. The Bertz CT molecular complexity index is 1340. The molecule has 3 amide bonds. The van der Waals surface area contributed by atoms with Crippen molar-refractivity contribution >= 4 is 36.5 Å². The number of nitrogens with zero attached hydrogens (tertiary/aromatic N) is 1. The van der Waals surface area contributed by atoms with Crippen molar-refractivity contribution in [3.63, 3.8) is 0 Å². The van der Waals surface area contributed by atoms with Crippen LogP contribution in [0.3, 0.4) is 0 Å². The third kappa shape index (κ3) is 11.8. The van der Waals surface area contributed by atoms with Crippen LogP contribution in [-0.4, -0.2) is 63.9 Å². The molecule has 2 N–H and O–H groups in total. The van der Waals surface area contributed by atoms with Crippen molar-refractivity contribution < 1.29 is 28.7 Å². The fraction of sp³-hybridized carbons (Fsp3) is 0.486. The molecule has 45 heavy (non-hydrogen) atoms. The molecule has 0 radical (unpaired) electrons. The Labute approximate surface area is 273 Å². The molecule has 2 rings (SSSR count). The van der Waals surface area contributed by atoms with Crippen LogP contribution in [0.15, 0.2) is 54.6 Å². The van der Waals surface area contributed by atoms with Gasteiger partial charge in [-0.1, -0.05) is 55.3 Å². The number of terminal acetylenes is 1. The van der Waals surface area contributed by atoms with Crippen molar-refractivity contribution in [3.05, 3.63) is 71.3 Å². The fourth-order valence-corrected chi connectivity index (χ4v) is 4.72. The monoisotopic (exact) mass is 637 g/mol. The molecule has 244 valence electrons. The Balaban J connectivity index is 2.60. The number of alkyl carbamates (subject to hydrolysis) is 1. The van der Waals surface area contributed by atoms with Crippen molar-refractivity contribution in [1.29, 1.82) is 0 Å². The number of ether oxygens (including phenoxy) is 2. The Kier molecular flexibility index (Phi) is 13.5. The molecule has 0 aliphatic heterocycles. The summed E-state index contributed by atoms with van der Waals surface area (Å²) in [6.45, 7) is 14.1. The Hall–Kier alpha value is -3.97. The lowest BCUT2D eigenvalue weighted by molar-refractivity contribution is -0.159. The first kappa shape index (κ1) is 37.2. The number of rotatable bonds is 12. The van der Waals surface area contributed by atoms with Crippen LogP contribution in [0.5, 0.6) is 0 Å². The molecule has 4 unspecified atom stereocenters. The molecule has 0 heterocycles. The van der Waals surface area contributed by atoms with Crippen LogP contribution < -0.4 is 10.6 Å². The molecule has 2 aromatic carbocycles. The Morgan fingerprint density at radius 1 is 0.889 bits per heavy atom. The molecule has 10 heteroatoms. The van der Waals surface area contributed by atoms with Gasteiger partial charge in [0.25, 0.3) is 0 Å². The summed E-state index contributed by atoms with van der Waals surface area (Å²) in [7, 11) is 0. The zero-order chi connectivity index (χ0) is 33.9. The third-order valence-electron chi connectivity index (χ3n) is 6.70. The molecule has 0 saturated carbocycles. The van der Waals surface area contributed by atoms with Gasteiger partial charge >= 0.3 is 12.1 Å². The molecule has 0 aliphatic rings. The van der Waals surface area contributed by atoms with Gasteiger partial charge in [-0.3, -0.25) is 9.59 Å². The minimum absolute atomic E-state index is 0.0517. The topological polar surface area (TPSA) is 114 Å². The van der Waals surface area contributed by atoms with Crippen LogP contribution in [0.2, 0.25) is 0 Å². The molecule has 4 atom stereocenters. The van der Waals surface area contributed by atoms with Crippen molar-refractivity contribution in [2.75, 3.05) is 5.75 Å². The van der Waals surface area contributed by atoms with Crippen molar-refractivity contribution in [2.45, 2.75) is 104 Å². The lowest BCUT2D eigenvalue weighted by Gasteiger charge is -2.38. The number of hydrogen-bond acceptors (Lipinski definition) is 7. The van der Waals surface area contributed by atoms with E-state index in [1.807, 2.05) is 44.2 Å². The number of thiol groups is 1. The smallest absolute Gasteiger partial charge is 0.408 e. The van der Waals surface area contributed by atoms with E-state index in [-0.39, 0.29) is 12.2 Å². The normalized spacial score (nSPS) is 14.1. The highest BCUT2D eigenvalue weighted by molar-refractivity contribution is 7.80. The number of amides is 3. The van der Waals surface area contributed by atoms with Crippen LogP contribution in [-0.2, 0) is 30.3 Å². The van der Waals surface area contributed by atoms with Crippen molar-refractivity contribution in [2.24, 2.45) is 0 Å². The lowest BCUT2D eigenvalue weighted by Crippen LogP contribution is -2.57. The second-order valence-electron chi connectivity index (χ2n) is 12.8. The second kappa shape index (κ2) is 16.4. The number of carbonyl (C=O) groups is 4. The summed E-state index contributed by atoms with van der Waals surface area (Å²) in [5, 5.41) is 5.48. The largest absolute Gasteiger partial charge is 0.458 e. The molecular formula is C35H47N3O6S. The van der Waals surface area contributed by atoms with Gasteiger partial charge in [-0.25, -0.2) is 9.59 Å². The SMILES string of the molecule is C#Cc1ccc(C(C(=O)NC(Cc2ccccc2)C(=O)OC(C)(C)C)N(C(=O)C(CS)NC(=O)OC(C)(C)C)C(C)CC)cc1. The van der Waals surface area contributed by atoms with E-state index in [1.54, 1.807) is 65.8 Å². The summed E-state index contributed by atoms with van der Waals surface area (Å²) in [6, 6.07) is 12.2. The van der Waals surface area contributed by atoms with E-state index in [1.165, 1.54) is 4.90 Å². The van der Waals surface area contributed by atoms with Gasteiger partial charge in [0.15, 0.2) is 0 Å². The van der Waals surface area contributed by atoms with Crippen LogP contribution in [0.4, 0.5) is 4.79 Å². The van der Waals surface area contributed by atoms with Gasteiger partial charge < -0.3 is 25.0 Å². The van der Waals surface area contributed by atoms with Gasteiger partial charge in [-0.2, -0.15) is 12.6 Å². The average Bonchev–Trinajstić information content (AvgIpc) is 2.96. The standard InChI is InChI=1S/C35H47N3O6S/c1-10-23(3)38(31(40)28(22-45)37-33(42)44-35(7,8)9)29(26-19-17-24(11-2)18-20-26)30(39)36-27(32(41)43-34(4,5)6)21-25-15-13-12-14-16-25/h2,12-20,23,27-29,45H,10,21-22H2,1,3-9H3,(H,36,39)(H,37,42). The molecule has 0 spiro atoms. The molecule has 0 saturated heterocycles. The number of esters is 1. The maximum Gasteiger partial charge on any atom is 0.408 e. The minimum atomic E-state index is -1.19. The van der Waals surface area contributed by atoms with E-state index >= 15 is 0 Å². The highest BCUT2D eigenvalue weighted by Gasteiger charge is 2.40. The third-order valence-corrected chi connectivity index (χ3v) is 7.07. The maximum atomic E-state index is 14.4. The summed E-state index contributed by atoms with van der Waals surface area (Å²) in [4.78, 5) is 56.1. The first-order valence-corrected chi connectivity index (χ1v) is 15.7. The number of carbonyl (C=O) groups excluding carboxylic acids is 4. The van der Waals surface area contributed by atoms with Crippen molar-refractivity contribution in [1.82, 2.24) is 15.5 Å². The Morgan fingerprint density at radius 3 is 1.96 bits per heavy atom. The summed E-state index contributed by atoms with van der Waals surface area (Å²) in [5.41, 5.74) is 0.289. The molecular weight excluding hydrogens is 590 g/mol. The first-order chi connectivity index (χ1) is 21.0. The van der Waals surface area contributed by atoms with Crippen LogP contribution >= 0.6 is 12.6 Å². The maximum absolute atomic E-state index is 14.4. The summed E-state index contributed by atoms with van der Waals surface area (Å²) in [6.07, 6.45) is 5.45. The number of nitrogens with one attached hydrogen (secondary N) is 2. The summed E-state index contributed by atoms with van der Waals surface area (Å²) >= 11 is 4.34. The fourth-order valence-electron chi connectivity index (χ4n) is 4.48. The zero-order valence-electron chi connectivity index (χ0n) is 27.5. The van der Waals surface area contributed by atoms with Crippen molar-refractivity contribution in [3.8, 4) is 12.3 Å². The van der Waals surface area contributed by atoms with Gasteiger partial charge in [0, 0.05) is 23.8 Å². The predicted molar refractivity (Wildman–Crippen MR) is 179 cm³/mol. The van der Waals surface area contributed by atoms with Gasteiger partial charge in [-0.05, 0) is 78.1 Å². The minimum Gasteiger partial charge on any atom is -0.458 e. The van der Waals surface area contributed by atoms with E-state index < -0.39 is 59.2 Å². The van der Waals surface area contributed by atoms with E-state index in [9.17, 15) is 19.2 Å². The van der Waals surface area contributed by atoms with Gasteiger partial charge in [0.05, 0.1) is 0 Å². The molecule has 0 aliphatic carbocycles. The summed E-state index contributed by atoms with van der Waals surface area (Å²) < 4.78 is 11.1. The average molecular weight is 638 g/mol. The van der Waals surface area contributed by atoms with Gasteiger partial charge in [0.1, 0.15) is 29.3 Å². The highest BCUT2D eigenvalue weighted by atomic mass is 32.1. The second-order valence-corrected chi connectivity index (χ2v) is 13.2. The number of hydrogen-bond donors (Lipinski definition) is 3. The molecule has 2 aromatic rings. The van der Waals surface area contributed by atoms with Gasteiger partial charge in [-0.15, -0.1) is 6.42 Å². The summed E-state index contributed by atoms with van der Waals surface area (Å²) in [5.74, 6) is 0.761. The number of benzene rings is 2. The van der Waals surface area contributed by atoms with E-state index in [0.717, 1.165) is 5.56 Å². The molecule has 0 bridgehead atoms. The highest BCUT2D eigenvalue weighted by Crippen LogP contribution is 2.27. The molecule has 0 fully saturated rings. The van der Waals surface area contributed by atoms with E-state index in [4.69, 9.17) is 15.9 Å². The van der Waals surface area contributed by atoms with Crippen LogP contribution in [0, 0.1) is 12.3 Å². The van der Waals surface area contributed by atoms with Crippen LogP contribution in [0.25, 0.3) is 0 Å². The zero-order valence-corrected chi connectivity index (χ0v) is 28.4.